The summed E-state index contributed by atoms with van der Waals surface area (Å²) in [7, 11) is 0. The third kappa shape index (κ3) is 4.18. The van der Waals surface area contributed by atoms with Crippen molar-refractivity contribution in [3.63, 3.8) is 0 Å². The van der Waals surface area contributed by atoms with E-state index in [0.29, 0.717) is 6.04 Å². The Bertz CT molecular complexity index is 487. The molecule has 1 aromatic heterocycles. The van der Waals surface area contributed by atoms with Gasteiger partial charge in [-0.2, -0.15) is 0 Å². The Morgan fingerprint density at radius 2 is 2.27 bits per heavy atom. The molecule has 2 aliphatic rings. The van der Waals surface area contributed by atoms with Crippen LogP contribution in [0.1, 0.15) is 42.3 Å². The first kappa shape index (κ1) is 17.2. The molecule has 8 heteroatoms. The van der Waals surface area contributed by atoms with E-state index in [9.17, 15) is 4.79 Å². The van der Waals surface area contributed by atoms with Crippen molar-refractivity contribution in [2.75, 3.05) is 32.7 Å². The molecule has 0 aliphatic carbocycles. The van der Waals surface area contributed by atoms with E-state index in [1.165, 1.54) is 12.8 Å². The predicted molar refractivity (Wildman–Crippen MR) is 86.1 cm³/mol. The minimum atomic E-state index is -0.560. The summed E-state index contributed by atoms with van der Waals surface area (Å²) in [6.07, 6.45) is 6.49. The van der Waals surface area contributed by atoms with Crippen LogP contribution >= 0.6 is 12.4 Å². The fourth-order valence-corrected chi connectivity index (χ4v) is 3.42. The van der Waals surface area contributed by atoms with Crippen LogP contribution in [0.4, 0.5) is 0 Å². The molecule has 0 saturated carbocycles. The number of nitrogens with two attached hydrogens (primary N) is 1. The maximum absolute atomic E-state index is 11.1. The van der Waals surface area contributed by atoms with Gasteiger partial charge in [0.25, 0.3) is 5.91 Å². The van der Waals surface area contributed by atoms with Crippen LogP contribution < -0.4 is 11.1 Å². The number of halogens is 1. The number of piperidine rings is 2. The lowest BCUT2D eigenvalue weighted by atomic mass is 9.97. The summed E-state index contributed by atoms with van der Waals surface area (Å²) in [5.74, 6) is 0.313. The van der Waals surface area contributed by atoms with Crippen molar-refractivity contribution in [2.45, 2.75) is 31.7 Å². The Morgan fingerprint density at radius 1 is 1.41 bits per heavy atom. The van der Waals surface area contributed by atoms with Crippen LogP contribution in [0, 0.1) is 5.92 Å². The second kappa shape index (κ2) is 7.89. The molecular formula is C14H25ClN6O. The standard InChI is InChI=1S/C14H24N6O.ClH/c15-13(21)14-17-10-20(18-14)12-4-2-6-19(9-12)8-11-3-1-5-16-7-11;/h10-12,16H,1-9H2,(H2,15,21);1H. The molecule has 2 atom stereocenters. The van der Waals surface area contributed by atoms with Crippen LogP contribution in [0.3, 0.4) is 0 Å². The normalized spacial score (nSPS) is 26.4. The molecule has 0 bridgehead atoms. The molecule has 2 aliphatic heterocycles. The highest BCUT2D eigenvalue weighted by molar-refractivity contribution is 5.88. The van der Waals surface area contributed by atoms with Gasteiger partial charge in [-0.1, -0.05) is 0 Å². The predicted octanol–water partition coefficient (Wildman–Crippen LogP) is 0.435. The van der Waals surface area contributed by atoms with Crippen LogP contribution in [-0.4, -0.2) is 58.3 Å². The highest BCUT2D eigenvalue weighted by Crippen LogP contribution is 2.22. The number of primary amides is 1. The zero-order valence-corrected chi connectivity index (χ0v) is 13.6. The van der Waals surface area contributed by atoms with E-state index in [-0.39, 0.29) is 18.2 Å². The highest BCUT2D eigenvalue weighted by atomic mass is 35.5. The third-order valence-corrected chi connectivity index (χ3v) is 4.50. The summed E-state index contributed by atoms with van der Waals surface area (Å²) in [6.45, 7) is 5.59. The molecule has 1 amide bonds. The van der Waals surface area contributed by atoms with Gasteiger partial charge in [-0.15, -0.1) is 17.5 Å². The minimum Gasteiger partial charge on any atom is -0.363 e. The minimum absolute atomic E-state index is 0. The largest absolute Gasteiger partial charge is 0.363 e. The van der Waals surface area contributed by atoms with Crippen LogP contribution in [0.15, 0.2) is 6.33 Å². The fourth-order valence-electron chi connectivity index (χ4n) is 3.42. The van der Waals surface area contributed by atoms with Gasteiger partial charge in [-0.3, -0.25) is 4.79 Å². The van der Waals surface area contributed by atoms with Crippen molar-refractivity contribution in [1.82, 2.24) is 25.0 Å². The van der Waals surface area contributed by atoms with Crippen LogP contribution in [0.25, 0.3) is 0 Å². The second-order valence-corrected chi connectivity index (χ2v) is 6.18. The average molecular weight is 329 g/mol. The van der Waals surface area contributed by atoms with Crippen LogP contribution in [0.2, 0.25) is 0 Å². The van der Waals surface area contributed by atoms with E-state index >= 15 is 0 Å². The van der Waals surface area contributed by atoms with Gasteiger partial charge in [0, 0.05) is 13.1 Å². The molecule has 0 radical (unpaired) electrons. The Balaban J connectivity index is 0.00000176. The van der Waals surface area contributed by atoms with Crippen molar-refractivity contribution >= 4 is 18.3 Å². The van der Waals surface area contributed by atoms with Crippen molar-refractivity contribution in [3.8, 4) is 0 Å². The number of carbonyl (C=O) groups excluding carboxylic acids is 1. The smallest absolute Gasteiger partial charge is 0.288 e. The number of hydrogen-bond acceptors (Lipinski definition) is 5. The monoisotopic (exact) mass is 328 g/mol. The van der Waals surface area contributed by atoms with Crippen molar-refractivity contribution in [3.05, 3.63) is 12.2 Å². The molecule has 0 spiro atoms. The van der Waals surface area contributed by atoms with Gasteiger partial charge < -0.3 is 16.0 Å². The zero-order chi connectivity index (χ0) is 14.7. The number of hydrogen-bond donors (Lipinski definition) is 2. The van der Waals surface area contributed by atoms with Gasteiger partial charge in [0.2, 0.25) is 5.82 Å². The Kier molecular flexibility index (Phi) is 6.16. The van der Waals surface area contributed by atoms with E-state index in [4.69, 9.17) is 5.73 Å². The lowest BCUT2D eigenvalue weighted by Crippen LogP contribution is -2.43. The third-order valence-electron chi connectivity index (χ3n) is 4.50. The lowest BCUT2D eigenvalue weighted by molar-refractivity contribution is 0.0988. The summed E-state index contributed by atoms with van der Waals surface area (Å²) < 4.78 is 1.81. The average Bonchev–Trinajstić information content (AvgIpc) is 2.99. The summed E-state index contributed by atoms with van der Waals surface area (Å²) in [4.78, 5) is 17.6. The first-order valence-corrected chi connectivity index (χ1v) is 7.86. The number of aromatic nitrogens is 3. The molecule has 2 fully saturated rings. The molecule has 1 aromatic rings. The molecule has 22 heavy (non-hydrogen) atoms. The Morgan fingerprint density at radius 3 is 2.95 bits per heavy atom. The van der Waals surface area contributed by atoms with E-state index < -0.39 is 5.91 Å². The summed E-state index contributed by atoms with van der Waals surface area (Å²) in [6, 6.07) is 0.302. The molecule has 3 rings (SSSR count). The zero-order valence-electron chi connectivity index (χ0n) is 12.8. The van der Waals surface area contributed by atoms with Gasteiger partial charge in [0.05, 0.1) is 6.04 Å². The lowest BCUT2D eigenvalue weighted by Gasteiger charge is -2.36. The van der Waals surface area contributed by atoms with E-state index in [1.54, 1.807) is 6.33 Å². The first-order chi connectivity index (χ1) is 10.2. The molecular weight excluding hydrogens is 304 g/mol. The second-order valence-electron chi connectivity index (χ2n) is 6.18. The van der Waals surface area contributed by atoms with Crippen LogP contribution in [-0.2, 0) is 0 Å². The maximum atomic E-state index is 11.1. The number of rotatable bonds is 4. The summed E-state index contributed by atoms with van der Waals surface area (Å²) in [5.41, 5.74) is 5.21. The maximum Gasteiger partial charge on any atom is 0.288 e. The van der Waals surface area contributed by atoms with Crippen molar-refractivity contribution in [2.24, 2.45) is 11.7 Å². The van der Waals surface area contributed by atoms with Gasteiger partial charge in [-0.25, -0.2) is 9.67 Å². The number of amides is 1. The van der Waals surface area contributed by atoms with Gasteiger partial charge in [0.15, 0.2) is 0 Å². The van der Waals surface area contributed by atoms with E-state index in [1.807, 2.05) is 4.68 Å². The van der Waals surface area contributed by atoms with Crippen LogP contribution in [0.5, 0.6) is 0 Å². The number of nitrogens with zero attached hydrogens (tertiary/aromatic N) is 4. The quantitative estimate of drug-likeness (QED) is 0.837. The van der Waals surface area contributed by atoms with Crippen molar-refractivity contribution in [1.29, 1.82) is 0 Å². The van der Waals surface area contributed by atoms with Gasteiger partial charge >= 0.3 is 0 Å². The number of likely N-dealkylation sites (tertiary alicyclic amines) is 1. The summed E-state index contributed by atoms with van der Waals surface area (Å²) in [5, 5.41) is 7.68. The Hall–Kier alpha value is -1.18. The van der Waals surface area contributed by atoms with Gasteiger partial charge in [0.1, 0.15) is 6.33 Å². The van der Waals surface area contributed by atoms with Crippen molar-refractivity contribution < 1.29 is 4.79 Å². The molecule has 124 valence electrons. The van der Waals surface area contributed by atoms with E-state index in [2.05, 4.69) is 20.3 Å². The topological polar surface area (TPSA) is 89.1 Å². The van der Waals surface area contributed by atoms with E-state index in [0.717, 1.165) is 51.5 Å². The molecule has 3 heterocycles. The molecule has 2 unspecified atom stereocenters. The molecule has 2 saturated heterocycles. The summed E-state index contributed by atoms with van der Waals surface area (Å²) >= 11 is 0. The highest BCUT2D eigenvalue weighted by Gasteiger charge is 2.25. The Labute approximate surface area is 137 Å². The molecule has 3 N–H and O–H groups in total. The van der Waals surface area contributed by atoms with Gasteiger partial charge in [-0.05, 0) is 51.2 Å². The fraction of sp³-hybridized carbons (Fsp3) is 0.786. The number of carbonyl (C=O) groups is 1. The first-order valence-electron chi connectivity index (χ1n) is 7.86. The molecule has 0 aromatic carbocycles. The SMILES string of the molecule is Cl.NC(=O)c1ncn(C2CCCN(CC3CCCNC3)C2)n1. The molecule has 7 nitrogen and oxygen atoms in total. The number of nitrogens with one attached hydrogen (secondary N) is 1.